The van der Waals surface area contributed by atoms with E-state index >= 15 is 0 Å². The number of esters is 1. The van der Waals surface area contributed by atoms with E-state index in [2.05, 4.69) is 25.7 Å². The maximum atomic E-state index is 12.8. The topological polar surface area (TPSA) is 46.6 Å². The van der Waals surface area contributed by atoms with Crippen LogP contribution < -0.4 is 0 Å². The largest absolute Gasteiger partial charge is 0.466 e. The van der Waals surface area contributed by atoms with Crippen LogP contribution in [0.3, 0.4) is 0 Å². The second-order valence-electron chi connectivity index (χ2n) is 8.25. The Bertz CT molecular complexity index is 732. The zero-order valence-corrected chi connectivity index (χ0v) is 17.3. The summed E-state index contributed by atoms with van der Waals surface area (Å²) < 4.78 is 5.15. The molecule has 1 aromatic carbocycles. The smallest absolute Gasteiger partial charge is 0.310 e. The number of benzene rings is 1. The fourth-order valence-electron chi connectivity index (χ4n) is 4.83. The fraction of sp³-hybridized carbons (Fsp3) is 0.652. The minimum Gasteiger partial charge on any atom is -0.466 e. The Morgan fingerprint density at radius 3 is 2.41 bits per heavy atom. The molecule has 1 amide bonds. The summed E-state index contributed by atoms with van der Waals surface area (Å²) in [6.45, 7) is 10.1. The average Bonchev–Trinajstić information content (AvgIpc) is 2.66. The molecule has 1 saturated carbocycles. The molecule has 1 aliphatic carbocycles. The third kappa shape index (κ3) is 4.20. The lowest BCUT2D eigenvalue weighted by atomic mass is 9.83. The van der Waals surface area contributed by atoms with E-state index in [1.165, 1.54) is 48.8 Å². The van der Waals surface area contributed by atoms with Gasteiger partial charge in [-0.3, -0.25) is 9.59 Å². The zero-order chi connectivity index (χ0) is 19.6. The molecule has 1 heterocycles. The van der Waals surface area contributed by atoms with E-state index in [0.717, 1.165) is 29.8 Å². The molecule has 0 atom stereocenters. The van der Waals surface area contributed by atoms with Crippen molar-refractivity contribution in [1.29, 1.82) is 0 Å². The quantitative estimate of drug-likeness (QED) is 0.730. The second-order valence-corrected chi connectivity index (χ2v) is 8.25. The van der Waals surface area contributed by atoms with Crippen molar-refractivity contribution in [3.05, 3.63) is 33.4 Å². The van der Waals surface area contributed by atoms with Gasteiger partial charge in [-0.2, -0.15) is 0 Å². The summed E-state index contributed by atoms with van der Waals surface area (Å²) in [4.78, 5) is 27.0. The third-order valence-electron chi connectivity index (χ3n) is 6.60. The molecule has 0 unspecified atom stereocenters. The van der Waals surface area contributed by atoms with Crippen molar-refractivity contribution in [3.8, 4) is 0 Å². The van der Waals surface area contributed by atoms with Gasteiger partial charge < -0.3 is 9.64 Å². The SMILES string of the molecule is CCOC(=O)Cc1c(C)c(C)c2c(c1C)CC(=O)N(CC1CCCCC1)C2. The predicted molar refractivity (Wildman–Crippen MR) is 107 cm³/mol. The molecule has 4 nitrogen and oxygen atoms in total. The second kappa shape index (κ2) is 8.45. The van der Waals surface area contributed by atoms with Crippen LogP contribution in [0, 0.1) is 26.7 Å². The lowest BCUT2D eigenvalue weighted by Gasteiger charge is -2.35. The van der Waals surface area contributed by atoms with E-state index in [9.17, 15) is 9.59 Å². The van der Waals surface area contributed by atoms with Crippen molar-refractivity contribution in [1.82, 2.24) is 4.90 Å². The zero-order valence-electron chi connectivity index (χ0n) is 17.3. The Morgan fingerprint density at radius 1 is 1.04 bits per heavy atom. The van der Waals surface area contributed by atoms with Gasteiger partial charge in [-0.05, 0) is 79.8 Å². The third-order valence-corrected chi connectivity index (χ3v) is 6.60. The minimum atomic E-state index is -0.191. The summed E-state index contributed by atoms with van der Waals surface area (Å²) >= 11 is 0. The number of hydrogen-bond donors (Lipinski definition) is 0. The van der Waals surface area contributed by atoms with Crippen LogP contribution in [0.1, 0.15) is 72.4 Å². The predicted octanol–water partition coefficient (Wildman–Crippen LogP) is 4.18. The molecule has 0 N–H and O–H groups in total. The van der Waals surface area contributed by atoms with Gasteiger partial charge in [0.1, 0.15) is 0 Å². The van der Waals surface area contributed by atoms with Gasteiger partial charge in [0.2, 0.25) is 5.91 Å². The van der Waals surface area contributed by atoms with Gasteiger partial charge >= 0.3 is 5.97 Å². The van der Waals surface area contributed by atoms with Crippen molar-refractivity contribution in [2.75, 3.05) is 13.2 Å². The minimum absolute atomic E-state index is 0.191. The summed E-state index contributed by atoms with van der Waals surface area (Å²) in [5.41, 5.74) is 6.99. The van der Waals surface area contributed by atoms with Crippen LogP contribution >= 0.6 is 0 Å². The number of hydrogen-bond acceptors (Lipinski definition) is 3. The van der Waals surface area contributed by atoms with Crippen molar-refractivity contribution in [2.45, 2.75) is 79.2 Å². The number of carbonyl (C=O) groups excluding carboxylic acids is 2. The van der Waals surface area contributed by atoms with Crippen molar-refractivity contribution >= 4 is 11.9 Å². The van der Waals surface area contributed by atoms with Gasteiger partial charge in [0, 0.05) is 13.1 Å². The molecule has 148 valence electrons. The molecule has 1 aliphatic heterocycles. The molecule has 0 spiro atoms. The van der Waals surface area contributed by atoms with Gasteiger partial charge in [0.05, 0.1) is 19.4 Å². The summed E-state index contributed by atoms with van der Waals surface area (Å²) in [6, 6.07) is 0. The standard InChI is InChI=1S/C23H33NO3/c1-5-27-23(26)12-19-15(2)16(3)21-14-24(13-18-9-7-6-8-10-18)22(25)11-20(21)17(19)4/h18H,5-14H2,1-4H3. The number of carbonyl (C=O) groups is 2. The summed E-state index contributed by atoms with van der Waals surface area (Å²) in [5, 5.41) is 0. The number of amides is 1. The molecule has 0 bridgehead atoms. The molecule has 3 rings (SSSR count). The molecule has 0 aromatic heterocycles. The van der Waals surface area contributed by atoms with Crippen LogP contribution in [0.25, 0.3) is 0 Å². The highest BCUT2D eigenvalue weighted by molar-refractivity contribution is 5.83. The Kier molecular flexibility index (Phi) is 6.23. The Morgan fingerprint density at radius 2 is 1.74 bits per heavy atom. The molecule has 2 aliphatic rings. The lowest BCUT2D eigenvalue weighted by Crippen LogP contribution is -2.40. The molecule has 0 radical (unpaired) electrons. The molecule has 27 heavy (non-hydrogen) atoms. The van der Waals surface area contributed by atoms with Gasteiger partial charge in [-0.1, -0.05) is 19.3 Å². The van der Waals surface area contributed by atoms with E-state index < -0.39 is 0 Å². The molecular formula is C23H33NO3. The van der Waals surface area contributed by atoms with E-state index in [4.69, 9.17) is 4.74 Å². The van der Waals surface area contributed by atoms with E-state index in [0.29, 0.717) is 25.4 Å². The normalized spacial score (nSPS) is 17.8. The maximum Gasteiger partial charge on any atom is 0.310 e. The Labute approximate surface area is 163 Å². The Balaban J connectivity index is 1.86. The first-order chi connectivity index (χ1) is 12.9. The molecule has 0 saturated heterocycles. The number of fused-ring (bicyclic) bond motifs is 1. The van der Waals surface area contributed by atoms with Crippen LogP contribution in [0.4, 0.5) is 0 Å². The highest BCUT2D eigenvalue weighted by Crippen LogP contribution is 2.33. The van der Waals surface area contributed by atoms with Gasteiger partial charge in [0.25, 0.3) is 0 Å². The van der Waals surface area contributed by atoms with Crippen LogP contribution in [-0.2, 0) is 33.7 Å². The van der Waals surface area contributed by atoms with Gasteiger partial charge in [0.15, 0.2) is 0 Å². The van der Waals surface area contributed by atoms with E-state index in [1.54, 1.807) is 0 Å². The van der Waals surface area contributed by atoms with Crippen LogP contribution in [0.5, 0.6) is 0 Å². The van der Waals surface area contributed by atoms with Gasteiger partial charge in [-0.25, -0.2) is 0 Å². The summed E-state index contributed by atoms with van der Waals surface area (Å²) in [5.74, 6) is 0.709. The van der Waals surface area contributed by atoms with Crippen LogP contribution in [0.2, 0.25) is 0 Å². The highest BCUT2D eigenvalue weighted by atomic mass is 16.5. The number of rotatable bonds is 5. The molecule has 4 heteroatoms. The number of nitrogens with zero attached hydrogens (tertiary/aromatic N) is 1. The van der Waals surface area contributed by atoms with Gasteiger partial charge in [-0.15, -0.1) is 0 Å². The fourth-order valence-corrected chi connectivity index (χ4v) is 4.83. The number of ether oxygens (including phenoxy) is 1. The monoisotopic (exact) mass is 371 g/mol. The molecule has 1 fully saturated rings. The maximum absolute atomic E-state index is 12.8. The molecule has 1 aromatic rings. The van der Waals surface area contributed by atoms with Crippen molar-refractivity contribution in [3.63, 3.8) is 0 Å². The van der Waals surface area contributed by atoms with Crippen LogP contribution in [0.15, 0.2) is 0 Å². The summed E-state index contributed by atoms with van der Waals surface area (Å²) in [6.07, 6.45) is 7.21. The first kappa shape index (κ1) is 19.9. The first-order valence-electron chi connectivity index (χ1n) is 10.5. The lowest BCUT2D eigenvalue weighted by molar-refractivity contribution is -0.142. The first-order valence-corrected chi connectivity index (χ1v) is 10.5. The van der Waals surface area contributed by atoms with E-state index in [-0.39, 0.29) is 11.9 Å². The average molecular weight is 372 g/mol. The molecular weight excluding hydrogens is 338 g/mol. The highest BCUT2D eigenvalue weighted by Gasteiger charge is 2.30. The van der Waals surface area contributed by atoms with Crippen molar-refractivity contribution in [2.24, 2.45) is 5.92 Å². The Hall–Kier alpha value is -1.84. The van der Waals surface area contributed by atoms with E-state index in [1.807, 2.05) is 6.92 Å². The van der Waals surface area contributed by atoms with Crippen molar-refractivity contribution < 1.29 is 14.3 Å². The van der Waals surface area contributed by atoms with Crippen LogP contribution in [-0.4, -0.2) is 29.9 Å². The summed E-state index contributed by atoms with van der Waals surface area (Å²) in [7, 11) is 0.